The summed E-state index contributed by atoms with van der Waals surface area (Å²) in [6.45, 7) is 17.5. The molecule has 1 heterocycles. The van der Waals surface area contributed by atoms with Crippen LogP contribution in [0.3, 0.4) is 0 Å². The lowest BCUT2D eigenvalue weighted by Gasteiger charge is -2.24. The normalized spacial score (nSPS) is 14.1. The fraction of sp³-hybridized carbons (Fsp3) is 0.452. The fourth-order valence-corrected chi connectivity index (χ4v) is 4.19. The van der Waals surface area contributed by atoms with Gasteiger partial charge in [0.2, 0.25) is 0 Å². The molecule has 0 amide bonds. The SMILES string of the molecule is [2H]C([2H])([2H])c1ccc(-c2ccc(C(C)(C)C)cn2)cc1-c1c(C(C)C)cc(C(C)C)cc1C(C)C. The first-order chi connectivity index (χ1) is 16.1. The molecule has 1 heteroatoms. The molecule has 0 aliphatic heterocycles. The van der Waals surface area contributed by atoms with Gasteiger partial charge < -0.3 is 0 Å². The van der Waals surface area contributed by atoms with Crippen molar-refractivity contribution in [2.75, 3.05) is 0 Å². The van der Waals surface area contributed by atoms with Crippen molar-refractivity contribution in [2.45, 2.75) is 92.3 Å². The number of pyridine rings is 1. The highest BCUT2D eigenvalue weighted by Crippen LogP contribution is 2.41. The predicted molar refractivity (Wildman–Crippen MR) is 141 cm³/mol. The number of aryl methyl sites for hydroxylation is 1. The summed E-state index contributed by atoms with van der Waals surface area (Å²) >= 11 is 0. The van der Waals surface area contributed by atoms with Gasteiger partial charge >= 0.3 is 0 Å². The van der Waals surface area contributed by atoms with Gasteiger partial charge in [0.25, 0.3) is 0 Å². The fourth-order valence-electron chi connectivity index (χ4n) is 4.19. The van der Waals surface area contributed by atoms with Gasteiger partial charge in [-0.15, -0.1) is 0 Å². The third-order valence-electron chi connectivity index (χ3n) is 6.35. The quantitative estimate of drug-likeness (QED) is 0.393. The number of aromatic nitrogens is 1. The van der Waals surface area contributed by atoms with Crippen molar-refractivity contribution >= 4 is 0 Å². The third-order valence-corrected chi connectivity index (χ3v) is 6.35. The Kier molecular flexibility index (Phi) is 5.82. The minimum Gasteiger partial charge on any atom is -0.256 e. The molecule has 0 atom stereocenters. The molecule has 1 aromatic heterocycles. The Balaban J connectivity index is 2.35. The molecule has 0 unspecified atom stereocenters. The smallest absolute Gasteiger partial charge is 0.0702 e. The molecule has 3 rings (SSSR count). The average molecular weight is 431 g/mol. The zero-order valence-corrected chi connectivity index (χ0v) is 21.3. The van der Waals surface area contributed by atoms with Crippen molar-refractivity contribution < 1.29 is 4.11 Å². The Bertz CT molecular complexity index is 1150. The van der Waals surface area contributed by atoms with Crippen LogP contribution in [0.25, 0.3) is 22.4 Å². The van der Waals surface area contributed by atoms with Crippen molar-refractivity contribution in [1.29, 1.82) is 0 Å². The van der Waals surface area contributed by atoms with E-state index in [1.807, 2.05) is 24.4 Å². The second-order valence-corrected chi connectivity index (χ2v) is 11.0. The van der Waals surface area contributed by atoms with Gasteiger partial charge in [0.1, 0.15) is 0 Å². The van der Waals surface area contributed by atoms with Crippen LogP contribution in [0.5, 0.6) is 0 Å². The summed E-state index contributed by atoms with van der Waals surface area (Å²) in [7, 11) is 0. The highest BCUT2D eigenvalue weighted by Gasteiger charge is 2.20. The van der Waals surface area contributed by atoms with Crippen LogP contribution in [0, 0.1) is 6.85 Å². The molecule has 0 aliphatic rings. The van der Waals surface area contributed by atoms with Gasteiger partial charge in [-0.1, -0.05) is 92.6 Å². The first kappa shape index (κ1) is 20.2. The lowest BCUT2D eigenvalue weighted by molar-refractivity contribution is 0.587. The minimum absolute atomic E-state index is 0.0261. The first-order valence-corrected chi connectivity index (χ1v) is 11.9. The highest BCUT2D eigenvalue weighted by atomic mass is 14.7. The second kappa shape index (κ2) is 9.22. The van der Waals surface area contributed by atoms with Crippen LogP contribution >= 0.6 is 0 Å². The Morgan fingerprint density at radius 1 is 0.781 bits per heavy atom. The van der Waals surface area contributed by atoms with Crippen LogP contribution in [0.2, 0.25) is 0 Å². The molecule has 1 nitrogen and oxygen atoms in total. The van der Waals surface area contributed by atoms with E-state index in [-0.39, 0.29) is 17.3 Å². The van der Waals surface area contributed by atoms with Crippen molar-refractivity contribution in [2.24, 2.45) is 0 Å². The molecule has 0 spiro atoms. The van der Waals surface area contributed by atoms with Crippen molar-refractivity contribution in [3.63, 3.8) is 0 Å². The lowest BCUT2D eigenvalue weighted by atomic mass is 9.80. The molecule has 0 aliphatic carbocycles. The van der Waals surface area contributed by atoms with E-state index in [1.54, 1.807) is 6.07 Å². The van der Waals surface area contributed by atoms with Crippen molar-refractivity contribution in [1.82, 2.24) is 4.98 Å². The lowest BCUT2D eigenvalue weighted by Crippen LogP contribution is -2.11. The van der Waals surface area contributed by atoms with Gasteiger partial charge in [-0.25, -0.2) is 0 Å². The molecule has 0 saturated heterocycles. The molecule has 0 N–H and O–H groups in total. The maximum atomic E-state index is 8.32. The van der Waals surface area contributed by atoms with Crippen LogP contribution in [-0.4, -0.2) is 4.98 Å². The maximum absolute atomic E-state index is 8.32. The predicted octanol–water partition coefficient (Wildman–Crippen LogP) is 9.39. The number of rotatable bonds is 5. The summed E-state index contributed by atoms with van der Waals surface area (Å²) in [5.74, 6) is 0.926. The average Bonchev–Trinajstić information content (AvgIpc) is 2.76. The van der Waals surface area contributed by atoms with Gasteiger partial charge in [0.15, 0.2) is 0 Å². The van der Waals surface area contributed by atoms with Crippen LogP contribution in [0.1, 0.15) is 112 Å². The number of nitrogens with zero attached hydrogens (tertiary/aromatic N) is 1. The number of hydrogen-bond acceptors (Lipinski definition) is 1. The Morgan fingerprint density at radius 2 is 1.41 bits per heavy atom. The Hall–Kier alpha value is -2.41. The van der Waals surface area contributed by atoms with E-state index < -0.39 is 6.85 Å². The largest absolute Gasteiger partial charge is 0.256 e. The van der Waals surface area contributed by atoms with Gasteiger partial charge in [0.05, 0.1) is 5.69 Å². The van der Waals surface area contributed by atoms with Gasteiger partial charge in [-0.3, -0.25) is 4.98 Å². The summed E-state index contributed by atoms with van der Waals surface area (Å²) in [4.78, 5) is 4.75. The minimum atomic E-state index is -2.21. The number of hydrogen-bond donors (Lipinski definition) is 0. The zero-order valence-electron chi connectivity index (χ0n) is 24.3. The summed E-state index contributed by atoms with van der Waals surface area (Å²) in [5.41, 5.74) is 8.97. The zero-order chi connectivity index (χ0) is 26.3. The molecule has 0 fully saturated rings. The third kappa shape index (κ3) is 4.98. The topological polar surface area (TPSA) is 12.9 Å². The second-order valence-electron chi connectivity index (χ2n) is 11.0. The summed E-state index contributed by atoms with van der Waals surface area (Å²) in [6, 6.07) is 14.5. The van der Waals surface area contributed by atoms with E-state index in [0.29, 0.717) is 11.5 Å². The van der Waals surface area contributed by atoms with Crippen molar-refractivity contribution in [3.05, 3.63) is 76.5 Å². The monoisotopic (exact) mass is 430 g/mol. The maximum Gasteiger partial charge on any atom is 0.0702 e. The van der Waals surface area contributed by atoms with E-state index in [1.165, 1.54) is 22.3 Å². The van der Waals surface area contributed by atoms with Crippen LogP contribution in [0.15, 0.2) is 48.7 Å². The van der Waals surface area contributed by atoms with Crippen LogP contribution in [0.4, 0.5) is 0 Å². The standard InChI is InChI=1S/C31H41N/c1-19(2)24-16-26(20(3)4)30(27(17-24)21(5)6)28-15-23(12-11-22(28)7)29-14-13-25(18-32-29)31(8,9)10/h11-21H,1-10H3/i7D3. The molecule has 170 valence electrons. The molecule has 32 heavy (non-hydrogen) atoms. The molecule has 0 saturated carbocycles. The summed E-state index contributed by atoms with van der Waals surface area (Å²) in [6.07, 6.45) is 1.93. The van der Waals surface area contributed by atoms with E-state index in [9.17, 15) is 0 Å². The summed E-state index contributed by atoms with van der Waals surface area (Å²) < 4.78 is 25.0. The van der Waals surface area contributed by atoms with E-state index >= 15 is 0 Å². The molecule has 3 aromatic rings. The highest BCUT2D eigenvalue weighted by molar-refractivity contribution is 5.79. The molecule has 0 bridgehead atoms. The van der Waals surface area contributed by atoms with E-state index in [4.69, 9.17) is 9.10 Å². The summed E-state index contributed by atoms with van der Waals surface area (Å²) in [5, 5.41) is 0. The first-order valence-electron chi connectivity index (χ1n) is 13.4. The Morgan fingerprint density at radius 3 is 1.84 bits per heavy atom. The van der Waals surface area contributed by atoms with Crippen molar-refractivity contribution in [3.8, 4) is 22.4 Å². The van der Waals surface area contributed by atoms with Gasteiger partial charge in [0, 0.05) is 15.9 Å². The van der Waals surface area contributed by atoms with Crippen LogP contribution < -0.4 is 0 Å². The Labute approximate surface area is 200 Å². The van der Waals surface area contributed by atoms with Crippen LogP contribution in [-0.2, 0) is 5.41 Å². The van der Waals surface area contributed by atoms with Gasteiger partial charge in [-0.2, -0.15) is 0 Å². The molecule has 0 radical (unpaired) electrons. The van der Waals surface area contributed by atoms with E-state index in [0.717, 1.165) is 22.4 Å². The molecule has 2 aromatic carbocycles. The van der Waals surface area contributed by atoms with E-state index in [2.05, 4.69) is 80.5 Å². The molecular weight excluding hydrogens is 386 g/mol. The number of benzene rings is 2. The van der Waals surface area contributed by atoms with Gasteiger partial charge in [-0.05, 0) is 81.1 Å². The molecular formula is C31H41N.